The third kappa shape index (κ3) is 1.62. The molecule has 0 aliphatic carbocycles. The Morgan fingerprint density at radius 3 is 2.75 bits per heavy atom. The average Bonchev–Trinajstić information content (AvgIpc) is 2.54. The molecule has 1 aliphatic heterocycles. The van der Waals surface area contributed by atoms with Crippen molar-refractivity contribution in [2.24, 2.45) is 0 Å². The Morgan fingerprint density at radius 1 is 1.42 bits per heavy atom. The monoisotopic (exact) mass is 187 g/mol. The molecule has 1 aromatic rings. The molecule has 0 saturated carbocycles. The minimum atomic E-state index is 0.372. The Kier molecular flexibility index (Phi) is 2.33. The first-order valence-corrected chi connectivity index (χ1v) is 4.43. The largest absolute Gasteiger partial charge is 0.429 e. The Balaban J connectivity index is 2.08. The smallest absolute Gasteiger partial charge is 0.213 e. The van der Waals surface area contributed by atoms with Gasteiger partial charge in [0.1, 0.15) is 0 Å². The summed E-state index contributed by atoms with van der Waals surface area (Å²) < 4.78 is 10.4. The van der Waals surface area contributed by atoms with E-state index in [0.29, 0.717) is 11.1 Å². The number of aromatic nitrogens is 1. The predicted molar refractivity (Wildman–Crippen MR) is 44.3 cm³/mol. The molecule has 0 spiro atoms. The van der Waals surface area contributed by atoms with Crippen LogP contribution >= 0.6 is 11.6 Å². The fraction of sp³-hybridized carbons (Fsp3) is 0.625. The molecular weight excluding hydrogens is 178 g/mol. The van der Waals surface area contributed by atoms with Crippen molar-refractivity contribution >= 4 is 11.6 Å². The summed E-state index contributed by atoms with van der Waals surface area (Å²) in [7, 11) is 0. The molecule has 66 valence electrons. The summed E-state index contributed by atoms with van der Waals surface area (Å²) in [6.45, 7) is 1.59. The first kappa shape index (κ1) is 8.08. The second kappa shape index (κ2) is 3.46. The zero-order valence-electron chi connectivity index (χ0n) is 6.62. The van der Waals surface area contributed by atoms with Gasteiger partial charge in [0.25, 0.3) is 0 Å². The van der Waals surface area contributed by atoms with Crippen molar-refractivity contribution in [3.63, 3.8) is 0 Å². The van der Waals surface area contributed by atoms with Crippen molar-refractivity contribution < 1.29 is 9.15 Å². The van der Waals surface area contributed by atoms with Gasteiger partial charge in [-0.05, 0) is 24.4 Å². The summed E-state index contributed by atoms with van der Waals surface area (Å²) in [6.07, 6.45) is 3.51. The van der Waals surface area contributed by atoms with Crippen molar-refractivity contribution in [2.45, 2.75) is 18.8 Å². The third-order valence-corrected chi connectivity index (χ3v) is 2.24. The summed E-state index contributed by atoms with van der Waals surface area (Å²) in [5, 5.41) is 0.372. The van der Waals surface area contributed by atoms with Crippen LogP contribution in [0.25, 0.3) is 0 Å². The molecule has 0 N–H and O–H groups in total. The number of hydrogen-bond donors (Lipinski definition) is 0. The minimum Gasteiger partial charge on any atom is -0.429 e. The van der Waals surface area contributed by atoms with Gasteiger partial charge >= 0.3 is 0 Å². The van der Waals surface area contributed by atoms with Gasteiger partial charge in [0, 0.05) is 19.1 Å². The molecule has 1 aromatic heterocycles. The number of halogens is 1. The number of ether oxygens (including phenoxy) is 1. The minimum absolute atomic E-state index is 0.372. The lowest BCUT2D eigenvalue weighted by Crippen LogP contribution is -2.14. The Bertz CT molecular complexity index is 255. The Hall–Kier alpha value is -0.540. The van der Waals surface area contributed by atoms with Crippen LogP contribution < -0.4 is 0 Å². The molecule has 4 heteroatoms. The van der Waals surface area contributed by atoms with Crippen LogP contribution in [-0.2, 0) is 4.74 Å². The van der Waals surface area contributed by atoms with Crippen molar-refractivity contribution in [2.75, 3.05) is 13.2 Å². The normalized spacial score (nSPS) is 19.8. The summed E-state index contributed by atoms with van der Waals surface area (Å²) >= 11 is 5.62. The molecule has 2 heterocycles. The molecule has 3 nitrogen and oxygen atoms in total. The maximum absolute atomic E-state index is 5.62. The van der Waals surface area contributed by atoms with E-state index in [4.69, 9.17) is 20.8 Å². The highest BCUT2D eigenvalue weighted by molar-refractivity contribution is 6.28. The standard InChI is InChI=1S/C8H10ClNO2/c9-7-5-10-8(12-7)6-1-3-11-4-2-6/h5-6H,1-4H2. The second-order valence-corrected chi connectivity index (χ2v) is 3.26. The summed E-state index contributed by atoms with van der Waals surface area (Å²) in [6, 6.07) is 0. The molecule has 0 bridgehead atoms. The topological polar surface area (TPSA) is 35.3 Å². The lowest BCUT2D eigenvalue weighted by molar-refractivity contribution is 0.0794. The van der Waals surface area contributed by atoms with Gasteiger partial charge in [-0.1, -0.05) is 0 Å². The van der Waals surface area contributed by atoms with Gasteiger partial charge in [-0.2, -0.15) is 0 Å². The molecule has 0 atom stereocenters. The van der Waals surface area contributed by atoms with Crippen molar-refractivity contribution in [3.8, 4) is 0 Å². The highest BCUT2D eigenvalue weighted by atomic mass is 35.5. The molecule has 0 amide bonds. The number of nitrogens with zero attached hydrogens (tertiary/aromatic N) is 1. The molecule has 0 radical (unpaired) electrons. The zero-order valence-corrected chi connectivity index (χ0v) is 7.38. The first-order valence-electron chi connectivity index (χ1n) is 4.05. The third-order valence-electron chi connectivity index (χ3n) is 2.07. The number of rotatable bonds is 1. The van der Waals surface area contributed by atoms with E-state index in [9.17, 15) is 0 Å². The lowest BCUT2D eigenvalue weighted by Gasteiger charge is -2.18. The summed E-state index contributed by atoms with van der Waals surface area (Å²) in [5.41, 5.74) is 0. The predicted octanol–water partition coefficient (Wildman–Crippen LogP) is 2.22. The quantitative estimate of drug-likeness (QED) is 0.676. The SMILES string of the molecule is Clc1cnc(C2CCOCC2)o1. The number of oxazole rings is 1. The van der Waals surface area contributed by atoms with Crippen LogP contribution in [0.2, 0.25) is 5.22 Å². The van der Waals surface area contributed by atoms with Crippen LogP contribution in [0.5, 0.6) is 0 Å². The van der Waals surface area contributed by atoms with E-state index in [2.05, 4.69) is 4.98 Å². The van der Waals surface area contributed by atoms with E-state index >= 15 is 0 Å². The summed E-state index contributed by atoms with van der Waals surface area (Å²) in [4.78, 5) is 4.09. The van der Waals surface area contributed by atoms with Gasteiger partial charge in [-0.25, -0.2) is 4.98 Å². The van der Waals surface area contributed by atoms with Crippen LogP contribution in [-0.4, -0.2) is 18.2 Å². The van der Waals surface area contributed by atoms with Gasteiger partial charge in [-0.3, -0.25) is 0 Å². The fourth-order valence-electron chi connectivity index (χ4n) is 1.40. The lowest BCUT2D eigenvalue weighted by atomic mass is 10.0. The van der Waals surface area contributed by atoms with Crippen molar-refractivity contribution in [1.82, 2.24) is 4.98 Å². The van der Waals surface area contributed by atoms with Crippen LogP contribution in [0, 0.1) is 0 Å². The van der Waals surface area contributed by atoms with E-state index in [1.807, 2.05) is 0 Å². The van der Waals surface area contributed by atoms with Crippen molar-refractivity contribution in [3.05, 3.63) is 17.3 Å². The molecule has 2 rings (SSSR count). The summed E-state index contributed by atoms with van der Waals surface area (Å²) in [5.74, 6) is 1.15. The highest BCUT2D eigenvalue weighted by Crippen LogP contribution is 2.27. The average molecular weight is 188 g/mol. The van der Waals surface area contributed by atoms with E-state index in [0.717, 1.165) is 31.9 Å². The first-order chi connectivity index (χ1) is 5.86. The van der Waals surface area contributed by atoms with Gasteiger partial charge in [-0.15, -0.1) is 0 Å². The highest BCUT2D eigenvalue weighted by Gasteiger charge is 2.20. The van der Waals surface area contributed by atoms with E-state index < -0.39 is 0 Å². The molecule has 0 unspecified atom stereocenters. The van der Waals surface area contributed by atoms with Gasteiger partial charge in [0.2, 0.25) is 5.22 Å². The second-order valence-electron chi connectivity index (χ2n) is 2.89. The van der Waals surface area contributed by atoms with Crippen LogP contribution in [0.15, 0.2) is 10.6 Å². The Morgan fingerprint density at radius 2 is 2.17 bits per heavy atom. The fourth-order valence-corrected chi connectivity index (χ4v) is 1.53. The zero-order chi connectivity index (χ0) is 8.39. The van der Waals surface area contributed by atoms with Crippen LogP contribution in [0.1, 0.15) is 24.7 Å². The van der Waals surface area contributed by atoms with E-state index in [1.165, 1.54) is 0 Å². The molecule has 1 saturated heterocycles. The van der Waals surface area contributed by atoms with Gasteiger partial charge < -0.3 is 9.15 Å². The van der Waals surface area contributed by atoms with E-state index in [-0.39, 0.29) is 0 Å². The molecule has 1 aliphatic rings. The van der Waals surface area contributed by atoms with Crippen molar-refractivity contribution in [1.29, 1.82) is 0 Å². The number of hydrogen-bond acceptors (Lipinski definition) is 3. The van der Waals surface area contributed by atoms with Gasteiger partial charge in [0.05, 0.1) is 6.20 Å². The molecule has 0 aromatic carbocycles. The van der Waals surface area contributed by atoms with Gasteiger partial charge in [0.15, 0.2) is 5.89 Å². The molecular formula is C8H10ClNO2. The van der Waals surface area contributed by atoms with E-state index in [1.54, 1.807) is 6.20 Å². The Labute approximate surface area is 75.7 Å². The molecule has 12 heavy (non-hydrogen) atoms. The maximum Gasteiger partial charge on any atom is 0.213 e. The van der Waals surface area contributed by atoms with Crippen LogP contribution in [0.4, 0.5) is 0 Å². The maximum atomic E-state index is 5.62. The van der Waals surface area contributed by atoms with Crippen LogP contribution in [0.3, 0.4) is 0 Å². The molecule has 1 fully saturated rings.